The molecule has 11 aromatic rings. The van der Waals surface area contributed by atoms with Crippen LogP contribution in [0.3, 0.4) is 0 Å². The summed E-state index contributed by atoms with van der Waals surface area (Å²) in [5.74, 6) is 0. The standard InChI is InChI=1S/C64H44N2/c1-63(2)54-26-12-6-21-46(54)50-36-33-43(39-58(50)63)65(44-34-37-53-52-25-11-17-31-61(52)66(62(53)40-44)42-18-4-3-5-19-42)60-30-16-10-20-45(60)41-32-35-51-49-24-9-15-29-57(49)64(59(51)38-41)55-27-13-7-22-47(55)48-23-8-14-28-56(48)64/h3-40H,1-2H3. The van der Waals surface area contributed by atoms with E-state index in [1.165, 1.54) is 99.7 Å². The highest BCUT2D eigenvalue weighted by atomic mass is 15.1. The maximum absolute atomic E-state index is 2.52. The Morgan fingerprint density at radius 2 is 0.818 bits per heavy atom. The van der Waals surface area contributed by atoms with Crippen LogP contribution in [0.5, 0.6) is 0 Å². The van der Waals surface area contributed by atoms with Crippen molar-refractivity contribution in [1.82, 2.24) is 4.57 Å². The van der Waals surface area contributed by atoms with Gasteiger partial charge < -0.3 is 9.47 Å². The Hall–Kier alpha value is -8.20. The number of nitrogens with zero attached hydrogens (tertiary/aromatic N) is 2. The first-order chi connectivity index (χ1) is 32.5. The van der Waals surface area contributed by atoms with Gasteiger partial charge in [-0.2, -0.15) is 0 Å². The maximum Gasteiger partial charge on any atom is 0.0725 e. The van der Waals surface area contributed by atoms with Crippen molar-refractivity contribution in [3.05, 3.63) is 264 Å². The van der Waals surface area contributed by atoms with Gasteiger partial charge in [-0.3, -0.25) is 0 Å². The summed E-state index contributed by atoms with van der Waals surface area (Å²) in [6.07, 6.45) is 0. The fourth-order valence-electron chi connectivity index (χ4n) is 12.4. The van der Waals surface area contributed by atoms with Crippen molar-refractivity contribution < 1.29 is 0 Å². The van der Waals surface area contributed by atoms with Crippen LogP contribution < -0.4 is 4.90 Å². The summed E-state index contributed by atoms with van der Waals surface area (Å²) in [5.41, 5.74) is 24.7. The summed E-state index contributed by atoms with van der Waals surface area (Å²) >= 11 is 0. The van der Waals surface area contributed by atoms with Gasteiger partial charge in [0.25, 0.3) is 0 Å². The van der Waals surface area contributed by atoms with Gasteiger partial charge in [0.2, 0.25) is 0 Å². The molecular formula is C64H44N2. The van der Waals surface area contributed by atoms with Crippen molar-refractivity contribution in [3.8, 4) is 50.2 Å². The van der Waals surface area contributed by atoms with Crippen LogP contribution in [0.2, 0.25) is 0 Å². The Kier molecular flexibility index (Phi) is 7.70. The molecule has 0 aliphatic heterocycles. The summed E-state index contributed by atoms with van der Waals surface area (Å²) < 4.78 is 2.43. The van der Waals surface area contributed by atoms with Gasteiger partial charge >= 0.3 is 0 Å². The molecule has 3 aliphatic carbocycles. The number of hydrogen-bond acceptors (Lipinski definition) is 1. The van der Waals surface area contributed by atoms with Crippen molar-refractivity contribution >= 4 is 38.9 Å². The lowest BCUT2D eigenvalue weighted by Gasteiger charge is -2.31. The first kappa shape index (κ1) is 37.2. The van der Waals surface area contributed by atoms with Crippen LogP contribution in [-0.2, 0) is 10.8 Å². The second-order valence-corrected chi connectivity index (χ2v) is 18.8. The number of para-hydroxylation sites is 3. The molecule has 3 aliphatic rings. The van der Waals surface area contributed by atoms with Crippen molar-refractivity contribution in [1.29, 1.82) is 0 Å². The predicted octanol–water partition coefficient (Wildman–Crippen LogP) is 16.6. The molecule has 1 heterocycles. The lowest BCUT2D eigenvalue weighted by Crippen LogP contribution is -2.25. The average molecular weight is 841 g/mol. The minimum atomic E-state index is -0.430. The highest BCUT2D eigenvalue weighted by Crippen LogP contribution is 2.63. The average Bonchev–Trinajstić information content (AvgIpc) is 4.04. The lowest BCUT2D eigenvalue weighted by molar-refractivity contribution is 0.660. The van der Waals surface area contributed by atoms with E-state index in [2.05, 4.69) is 254 Å². The molecule has 0 radical (unpaired) electrons. The first-order valence-electron chi connectivity index (χ1n) is 23.2. The Balaban J connectivity index is 1.02. The van der Waals surface area contributed by atoms with Crippen molar-refractivity contribution in [2.24, 2.45) is 0 Å². The van der Waals surface area contributed by atoms with Crippen LogP contribution in [0.25, 0.3) is 72.0 Å². The zero-order chi connectivity index (χ0) is 43.7. The first-order valence-corrected chi connectivity index (χ1v) is 23.2. The number of aromatic nitrogens is 1. The smallest absolute Gasteiger partial charge is 0.0725 e. The number of fused-ring (bicyclic) bond motifs is 16. The number of benzene rings is 10. The van der Waals surface area contributed by atoms with Crippen LogP contribution in [0, 0.1) is 0 Å². The molecule has 66 heavy (non-hydrogen) atoms. The zero-order valence-electron chi connectivity index (χ0n) is 36.8. The van der Waals surface area contributed by atoms with Crippen molar-refractivity contribution in [2.75, 3.05) is 4.90 Å². The van der Waals surface area contributed by atoms with Crippen LogP contribution in [-0.4, -0.2) is 4.57 Å². The Labute approximate surface area is 385 Å². The zero-order valence-corrected chi connectivity index (χ0v) is 36.8. The number of rotatable bonds is 5. The largest absolute Gasteiger partial charge is 0.310 e. The topological polar surface area (TPSA) is 8.17 Å². The lowest BCUT2D eigenvalue weighted by atomic mass is 9.70. The molecule has 14 rings (SSSR count). The molecule has 0 N–H and O–H groups in total. The molecule has 0 unspecified atom stereocenters. The minimum Gasteiger partial charge on any atom is -0.310 e. The number of hydrogen-bond donors (Lipinski definition) is 0. The van der Waals surface area contributed by atoms with Crippen molar-refractivity contribution in [2.45, 2.75) is 24.7 Å². The third-order valence-corrected chi connectivity index (χ3v) is 15.2. The van der Waals surface area contributed by atoms with Gasteiger partial charge in [-0.15, -0.1) is 0 Å². The monoisotopic (exact) mass is 840 g/mol. The van der Waals surface area contributed by atoms with E-state index in [4.69, 9.17) is 0 Å². The molecule has 1 aromatic heterocycles. The summed E-state index contributed by atoms with van der Waals surface area (Å²) in [6.45, 7) is 4.75. The fraction of sp³-hybridized carbons (Fsp3) is 0.0625. The van der Waals surface area contributed by atoms with E-state index >= 15 is 0 Å². The number of anilines is 3. The molecule has 0 saturated carbocycles. The van der Waals surface area contributed by atoms with Gasteiger partial charge in [-0.1, -0.05) is 190 Å². The molecule has 2 heteroatoms. The summed E-state index contributed by atoms with van der Waals surface area (Å²) in [7, 11) is 0. The molecule has 0 amide bonds. The molecular weight excluding hydrogens is 797 g/mol. The fourth-order valence-corrected chi connectivity index (χ4v) is 12.4. The molecule has 2 nitrogen and oxygen atoms in total. The minimum absolute atomic E-state index is 0.159. The normalized spacial score (nSPS) is 14.2. The van der Waals surface area contributed by atoms with E-state index in [-0.39, 0.29) is 5.41 Å². The Morgan fingerprint density at radius 1 is 0.333 bits per heavy atom. The van der Waals surface area contributed by atoms with E-state index in [0.717, 1.165) is 22.7 Å². The Bertz CT molecular complexity index is 3750. The summed E-state index contributed by atoms with van der Waals surface area (Å²) in [4.78, 5) is 2.51. The van der Waals surface area contributed by atoms with Crippen LogP contribution >= 0.6 is 0 Å². The summed E-state index contributed by atoms with van der Waals surface area (Å²) in [5, 5.41) is 2.48. The SMILES string of the molecule is CC1(C)c2ccccc2-c2ccc(N(c3ccc4c5ccccc5n(-c5ccccc5)c4c3)c3ccccc3-c3ccc4c(c3)C3(c5ccccc5-c5ccccc53)c3ccccc3-4)cc21. The van der Waals surface area contributed by atoms with Gasteiger partial charge in [-0.25, -0.2) is 0 Å². The Morgan fingerprint density at radius 3 is 1.52 bits per heavy atom. The van der Waals surface area contributed by atoms with E-state index in [1.54, 1.807) is 0 Å². The molecule has 0 bridgehead atoms. The van der Waals surface area contributed by atoms with Gasteiger partial charge in [-0.05, 0) is 127 Å². The second kappa shape index (κ2) is 13.7. The van der Waals surface area contributed by atoms with Crippen LogP contribution in [0.1, 0.15) is 47.2 Å². The van der Waals surface area contributed by atoms with E-state index in [1.807, 2.05) is 0 Å². The molecule has 310 valence electrons. The molecule has 10 aromatic carbocycles. The maximum atomic E-state index is 2.52. The van der Waals surface area contributed by atoms with Gasteiger partial charge in [0.1, 0.15) is 0 Å². The van der Waals surface area contributed by atoms with Crippen molar-refractivity contribution in [3.63, 3.8) is 0 Å². The van der Waals surface area contributed by atoms with Gasteiger partial charge in [0, 0.05) is 38.8 Å². The molecule has 1 spiro atoms. The van der Waals surface area contributed by atoms with E-state index in [9.17, 15) is 0 Å². The summed E-state index contributed by atoms with van der Waals surface area (Å²) in [6, 6.07) is 86.3. The van der Waals surface area contributed by atoms with Crippen LogP contribution in [0.4, 0.5) is 17.1 Å². The quantitative estimate of drug-likeness (QED) is 0.168. The molecule has 0 saturated heterocycles. The van der Waals surface area contributed by atoms with Gasteiger partial charge in [0.05, 0.1) is 22.1 Å². The van der Waals surface area contributed by atoms with Crippen LogP contribution in [0.15, 0.2) is 231 Å². The van der Waals surface area contributed by atoms with E-state index < -0.39 is 5.41 Å². The second-order valence-electron chi connectivity index (χ2n) is 18.8. The highest BCUT2D eigenvalue weighted by molar-refractivity contribution is 6.10. The van der Waals surface area contributed by atoms with Gasteiger partial charge in [0.15, 0.2) is 0 Å². The highest BCUT2D eigenvalue weighted by Gasteiger charge is 2.51. The molecule has 0 atom stereocenters. The third-order valence-electron chi connectivity index (χ3n) is 15.2. The molecule has 0 fully saturated rings. The van der Waals surface area contributed by atoms with E-state index in [0.29, 0.717) is 0 Å². The predicted molar refractivity (Wildman–Crippen MR) is 275 cm³/mol. The third kappa shape index (κ3) is 4.91.